The Morgan fingerprint density at radius 3 is 2.96 bits per heavy atom. The maximum atomic E-state index is 5.91. The molecule has 2 aromatic rings. The van der Waals surface area contributed by atoms with Gasteiger partial charge in [-0.3, -0.25) is 14.9 Å². The van der Waals surface area contributed by atoms with Gasteiger partial charge in [-0.15, -0.1) is 0 Å². The standard InChI is InChI=1S/C18H23N5O/c1-14-3-2-4-16(21-14)10-22-8-15-9-23(11-17(22)13-24-12-15)18-7-19-5-6-20-18/h2-7,15,17H,8-13H2,1H3/t15-,17+/m1/s1. The van der Waals surface area contributed by atoms with Gasteiger partial charge in [-0.25, -0.2) is 4.98 Å². The summed E-state index contributed by atoms with van der Waals surface area (Å²) < 4.78 is 5.91. The second-order valence-corrected chi connectivity index (χ2v) is 6.73. The van der Waals surface area contributed by atoms with Crippen molar-refractivity contribution in [2.75, 3.05) is 37.7 Å². The van der Waals surface area contributed by atoms with Gasteiger partial charge >= 0.3 is 0 Å². The molecule has 2 aliphatic heterocycles. The number of aryl methyl sites for hydroxylation is 1. The highest BCUT2D eigenvalue weighted by Gasteiger charge is 2.34. The lowest BCUT2D eigenvalue weighted by Crippen LogP contribution is -2.44. The molecule has 0 spiro atoms. The van der Waals surface area contributed by atoms with Crippen LogP contribution in [0.2, 0.25) is 0 Å². The summed E-state index contributed by atoms with van der Waals surface area (Å²) in [6.07, 6.45) is 5.34. The van der Waals surface area contributed by atoms with Crippen molar-refractivity contribution in [3.63, 3.8) is 0 Å². The second-order valence-electron chi connectivity index (χ2n) is 6.73. The highest BCUT2D eigenvalue weighted by atomic mass is 16.5. The van der Waals surface area contributed by atoms with E-state index in [1.54, 1.807) is 12.4 Å². The molecule has 4 rings (SSSR count). The number of fused-ring (bicyclic) bond motifs is 3. The summed E-state index contributed by atoms with van der Waals surface area (Å²) in [5.74, 6) is 1.44. The van der Waals surface area contributed by atoms with E-state index in [9.17, 15) is 0 Å². The molecule has 2 aromatic heterocycles. The van der Waals surface area contributed by atoms with Crippen molar-refractivity contribution >= 4 is 5.82 Å². The number of rotatable bonds is 3. The SMILES string of the molecule is Cc1cccc(CN2C[C@H]3COC[C@@H]2CN(c2cnccn2)C3)n1. The molecule has 126 valence electrons. The first-order chi connectivity index (χ1) is 11.8. The summed E-state index contributed by atoms with van der Waals surface area (Å²) in [4.78, 5) is 18.3. The van der Waals surface area contributed by atoms with Crippen LogP contribution in [0.1, 0.15) is 11.4 Å². The summed E-state index contributed by atoms with van der Waals surface area (Å²) >= 11 is 0. The molecule has 2 aliphatic rings. The van der Waals surface area contributed by atoms with Gasteiger partial charge in [0.25, 0.3) is 0 Å². The van der Waals surface area contributed by atoms with Crippen LogP contribution in [0, 0.1) is 12.8 Å². The van der Waals surface area contributed by atoms with E-state index in [0.717, 1.165) is 56.6 Å². The summed E-state index contributed by atoms with van der Waals surface area (Å²) in [5, 5.41) is 0. The fourth-order valence-electron chi connectivity index (χ4n) is 3.66. The first-order valence-corrected chi connectivity index (χ1v) is 8.53. The molecule has 2 saturated heterocycles. The normalized spacial score (nSPS) is 24.6. The molecule has 2 bridgehead atoms. The molecule has 0 amide bonds. The van der Waals surface area contributed by atoms with Crippen LogP contribution in [-0.2, 0) is 11.3 Å². The van der Waals surface area contributed by atoms with Crippen LogP contribution in [0.15, 0.2) is 36.8 Å². The predicted molar refractivity (Wildman–Crippen MR) is 91.7 cm³/mol. The van der Waals surface area contributed by atoms with Gasteiger partial charge in [0.05, 0.1) is 31.1 Å². The Labute approximate surface area is 142 Å². The van der Waals surface area contributed by atoms with Crippen LogP contribution in [-0.4, -0.2) is 58.7 Å². The molecule has 4 heterocycles. The van der Waals surface area contributed by atoms with E-state index >= 15 is 0 Å². The third-order valence-corrected chi connectivity index (χ3v) is 4.77. The summed E-state index contributed by atoms with van der Waals surface area (Å²) in [7, 11) is 0. The maximum absolute atomic E-state index is 5.91. The average Bonchev–Trinajstić information content (AvgIpc) is 2.85. The van der Waals surface area contributed by atoms with Gasteiger partial charge in [0.15, 0.2) is 0 Å². The van der Waals surface area contributed by atoms with E-state index in [-0.39, 0.29) is 0 Å². The number of hydrogen-bond donors (Lipinski definition) is 0. The fraction of sp³-hybridized carbons (Fsp3) is 0.500. The third-order valence-electron chi connectivity index (χ3n) is 4.77. The first kappa shape index (κ1) is 15.5. The van der Waals surface area contributed by atoms with Crippen molar-refractivity contribution < 1.29 is 4.74 Å². The average molecular weight is 325 g/mol. The zero-order chi connectivity index (χ0) is 16.4. The monoisotopic (exact) mass is 325 g/mol. The molecule has 24 heavy (non-hydrogen) atoms. The highest BCUT2D eigenvalue weighted by molar-refractivity contribution is 5.36. The van der Waals surface area contributed by atoms with Gasteiger partial charge in [-0.2, -0.15) is 0 Å². The number of ether oxygens (including phenoxy) is 1. The number of nitrogens with zero attached hydrogens (tertiary/aromatic N) is 5. The van der Waals surface area contributed by atoms with E-state index in [1.165, 1.54) is 0 Å². The molecular formula is C18H23N5O. The zero-order valence-corrected chi connectivity index (χ0v) is 14.0. The third kappa shape index (κ3) is 3.39. The number of anilines is 1. The Kier molecular flexibility index (Phi) is 4.40. The molecule has 0 radical (unpaired) electrons. The van der Waals surface area contributed by atoms with Crippen LogP contribution in [0.5, 0.6) is 0 Å². The van der Waals surface area contributed by atoms with Gasteiger partial charge in [0.1, 0.15) is 5.82 Å². The maximum Gasteiger partial charge on any atom is 0.147 e. The molecule has 0 aromatic carbocycles. The molecule has 0 saturated carbocycles. The van der Waals surface area contributed by atoms with Gasteiger partial charge < -0.3 is 9.64 Å². The van der Waals surface area contributed by atoms with Crippen molar-refractivity contribution in [1.82, 2.24) is 19.9 Å². The number of aromatic nitrogens is 3. The summed E-state index contributed by atoms with van der Waals surface area (Å²) in [6, 6.07) is 6.60. The van der Waals surface area contributed by atoms with Gasteiger partial charge in [-0.1, -0.05) is 6.07 Å². The van der Waals surface area contributed by atoms with Crippen LogP contribution in [0.25, 0.3) is 0 Å². The van der Waals surface area contributed by atoms with Crippen LogP contribution >= 0.6 is 0 Å². The van der Waals surface area contributed by atoms with Gasteiger partial charge in [0.2, 0.25) is 0 Å². The number of pyridine rings is 1. The Bertz CT molecular complexity index is 680. The van der Waals surface area contributed by atoms with E-state index in [4.69, 9.17) is 4.74 Å². The van der Waals surface area contributed by atoms with Gasteiger partial charge in [0, 0.05) is 50.2 Å². The van der Waals surface area contributed by atoms with E-state index in [2.05, 4.69) is 36.9 Å². The van der Waals surface area contributed by atoms with Crippen molar-refractivity contribution in [2.24, 2.45) is 5.92 Å². The quantitative estimate of drug-likeness (QED) is 0.853. The van der Waals surface area contributed by atoms with Gasteiger partial charge in [-0.05, 0) is 19.1 Å². The molecule has 2 fully saturated rings. The highest BCUT2D eigenvalue weighted by Crippen LogP contribution is 2.24. The Balaban J connectivity index is 1.55. The predicted octanol–water partition coefficient (Wildman–Crippen LogP) is 1.52. The molecular weight excluding hydrogens is 302 g/mol. The Hall–Kier alpha value is -2.05. The Morgan fingerprint density at radius 1 is 1.17 bits per heavy atom. The lowest BCUT2D eigenvalue weighted by atomic mass is 10.1. The first-order valence-electron chi connectivity index (χ1n) is 8.53. The molecule has 0 unspecified atom stereocenters. The van der Waals surface area contributed by atoms with Crippen molar-refractivity contribution in [1.29, 1.82) is 0 Å². The minimum absolute atomic E-state index is 0.349. The molecule has 2 atom stereocenters. The number of hydrogen-bond acceptors (Lipinski definition) is 6. The van der Waals surface area contributed by atoms with E-state index in [1.807, 2.05) is 19.2 Å². The molecule has 0 N–H and O–H groups in total. The molecule has 6 nitrogen and oxygen atoms in total. The van der Waals surface area contributed by atoms with E-state index < -0.39 is 0 Å². The molecule has 0 aliphatic carbocycles. The van der Waals surface area contributed by atoms with Crippen LogP contribution in [0.3, 0.4) is 0 Å². The zero-order valence-electron chi connectivity index (χ0n) is 14.0. The lowest BCUT2D eigenvalue weighted by molar-refractivity contribution is 0.0869. The van der Waals surface area contributed by atoms with E-state index in [0.29, 0.717) is 12.0 Å². The minimum Gasteiger partial charge on any atom is -0.379 e. The summed E-state index contributed by atoms with van der Waals surface area (Å²) in [6.45, 7) is 7.42. The lowest BCUT2D eigenvalue weighted by Gasteiger charge is -2.31. The fourth-order valence-corrected chi connectivity index (χ4v) is 3.66. The largest absolute Gasteiger partial charge is 0.379 e. The van der Waals surface area contributed by atoms with Crippen LogP contribution < -0.4 is 4.90 Å². The van der Waals surface area contributed by atoms with Crippen molar-refractivity contribution in [2.45, 2.75) is 19.5 Å². The topological polar surface area (TPSA) is 54.4 Å². The smallest absolute Gasteiger partial charge is 0.147 e. The second kappa shape index (κ2) is 6.83. The van der Waals surface area contributed by atoms with Crippen molar-refractivity contribution in [3.05, 3.63) is 48.2 Å². The van der Waals surface area contributed by atoms with Crippen molar-refractivity contribution in [3.8, 4) is 0 Å². The minimum atomic E-state index is 0.349. The Morgan fingerprint density at radius 2 is 2.12 bits per heavy atom. The van der Waals surface area contributed by atoms with Crippen LogP contribution in [0.4, 0.5) is 5.82 Å². The molecule has 6 heteroatoms. The summed E-state index contributed by atoms with van der Waals surface area (Å²) in [5.41, 5.74) is 2.20.